The molecular weight excluding hydrogens is 247 g/mol. The predicted octanol–water partition coefficient (Wildman–Crippen LogP) is -1.38. The second-order valence-electron chi connectivity index (χ2n) is 3.87. The minimum atomic E-state index is -1.69. The lowest BCUT2D eigenvalue weighted by molar-refractivity contribution is -0.0600. The molecule has 9 heteroatoms. The van der Waals surface area contributed by atoms with Gasteiger partial charge in [-0.15, -0.1) is 5.10 Å². The molecule has 0 saturated carbocycles. The molecule has 2 heterocycles. The number of methoxy groups -OCH3 is 1. The van der Waals surface area contributed by atoms with Crippen LogP contribution < -0.4 is 5.73 Å². The largest absolute Gasteiger partial charge is 0.387 e. The third-order valence-corrected chi connectivity index (χ3v) is 2.61. The summed E-state index contributed by atoms with van der Waals surface area (Å²) in [6, 6.07) is 0. The Morgan fingerprint density at radius 3 is 3.06 bits per heavy atom. The van der Waals surface area contributed by atoms with Crippen LogP contribution in [0.25, 0.3) is 0 Å². The summed E-state index contributed by atoms with van der Waals surface area (Å²) in [5, 5.41) is 13.3. The van der Waals surface area contributed by atoms with E-state index in [-0.39, 0.29) is 12.4 Å². The van der Waals surface area contributed by atoms with E-state index in [4.69, 9.17) is 15.2 Å². The number of alkyl halides is 1. The zero-order valence-corrected chi connectivity index (χ0v) is 9.56. The molecule has 0 radical (unpaired) electrons. The van der Waals surface area contributed by atoms with Crippen molar-refractivity contribution in [1.29, 1.82) is 0 Å². The normalized spacial score (nSPS) is 31.7. The maximum absolute atomic E-state index is 13.8. The van der Waals surface area contributed by atoms with Crippen molar-refractivity contribution in [3.8, 4) is 0 Å². The summed E-state index contributed by atoms with van der Waals surface area (Å²) in [6.07, 6.45) is -3.83. The number of aliphatic hydroxyl groups excluding tert-OH is 1. The first-order valence-corrected chi connectivity index (χ1v) is 5.22. The highest BCUT2D eigenvalue weighted by Crippen LogP contribution is 2.31. The van der Waals surface area contributed by atoms with Gasteiger partial charge in [0.1, 0.15) is 18.5 Å². The number of hydrogen-bond acceptors (Lipinski definition) is 6. The van der Waals surface area contributed by atoms with Crippen molar-refractivity contribution in [2.45, 2.75) is 24.6 Å². The van der Waals surface area contributed by atoms with Crippen LogP contribution in [0.15, 0.2) is 6.33 Å². The standard InChI is InChI=1S/C9H13FN4O4/c1-17-2-4-6(15)5(10)9(18-4)14-3-12-8(13-14)7(11)16/h3-6,9,15H,2H2,1H3,(H2,11,16)/t4-,5-,6-,9-/m1/s1. The number of carbonyl (C=O) groups is 1. The number of amides is 1. The van der Waals surface area contributed by atoms with Crippen molar-refractivity contribution in [1.82, 2.24) is 14.8 Å². The lowest BCUT2D eigenvalue weighted by Gasteiger charge is -2.12. The Bertz CT molecular complexity index is 440. The summed E-state index contributed by atoms with van der Waals surface area (Å²) in [5.41, 5.74) is 4.98. The topological polar surface area (TPSA) is 112 Å². The van der Waals surface area contributed by atoms with Crippen molar-refractivity contribution >= 4 is 5.91 Å². The first-order chi connectivity index (χ1) is 8.54. The van der Waals surface area contributed by atoms with E-state index >= 15 is 0 Å². The fourth-order valence-electron chi connectivity index (χ4n) is 1.73. The van der Waals surface area contributed by atoms with Crippen molar-refractivity contribution in [2.75, 3.05) is 13.7 Å². The number of hydrogen-bond donors (Lipinski definition) is 2. The smallest absolute Gasteiger partial charge is 0.288 e. The number of halogens is 1. The molecule has 0 spiro atoms. The van der Waals surface area contributed by atoms with Gasteiger partial charge < -0.3 is 20.3 Å². The van der Waals surface area contributed by atoms with E-state index in [9.17, 15) is 14.3 Å². The Labute approximate surface area is 101 Å². The molecule has 100 valence electrons. The monoisotopic (exact) mass is 260 g/mol. The van der Waals surface area contributed by atoms with E-state index in [0.717, 1.165) is 11.0 Å². The molecule has 1 aromatic rings. The second kappa shape index (κ2) is 4.96. The number of nitrogens with two attached hydrogens (primary N) is 1. The number of nitrogens with zero attached hydrogens (tertiary/aromatic N) is 3. The zero-order chi connectivity index (χ0) is 13.3. The summed E-state index contributed by atoms with van der Waals surface area (Å²) in [4.78, 5) is 14.4. The van der Waals surface area contributed by atoms with Gasteiger partial charge in [0, 0.05) is 7.11 Å². The highest BCUT2D eigenvalue weighted by molar-refractivity contribution is 5.88. The van der Waals surface area contributed by atoms with Gasteiger partial charge in [-0.05, 0) is 0 Å². The molecule has 4 atom stereocenters. The van der Waals surface area contributed by atoms with Crippen LogP contribution in [0, 0.1) is 0 Å². The Kier molecular flexibility index (Phi) is 3.55. The molecule has 0 unspecified atom stereocenters. The maximum Gasteiger partial charge on any atom is 0.288 e. The van der Waals surface area contributed by atoms with Gasteiger partial charge in [0.2, 0.25) is 5.82 Å². The molecule has 0 bridgehead atoms. The molecule has 3 N–H and O–H groups in total. The van der Waals surface area contributed by atoms with Gasteiger partial charge in [0.25, 0.3) is 5.91 Å². The van der Waals surface area contributed by atoms with Gasteiger partial charge in [-0.3, -0.25) is 4.79 Å². The summed E-state index contributed by atoms with van der Waals surface area (Å²) in [7, 11) is 1.41. The van der Waals surface area contributed by atoms with Crippen LogP contribution in [0.5, 0.6) is 0 Å². The summed E-state index contributed by atoms with van der Waals surface area (Å²) >= 11 is 0. The van der Waals surface area contributed by atoms with Crippen LogP contribution in [0.3, 0.4) is 0 Å². The average molecular weight is 260 g/mol. The summed E-state index contributed by atoms with van der Waals surface area (Å²) in [5.74, 6) is -1.06. The van der Waals surface area contributed by atoms with E-state index < -0.39 is 30.5 Å². The summed E-state index contributed by atoms with van der Waals surface area (Å²) in [6.45, 7) is 0.0511. The van der Waals surface area contributed by atoms with Crippen molar-refractivity contribution < 1.29 is 23.8 Å². The van der Waals surface area contributed by atoms with Crippen LogP contribution in [0.1, 0.15) is 16.8 Å². The predicted molar refractivity (Wildman–Crippen MR) is 55.2 cm³/mol. The molecule has 0 aliphatic carbocycles. The minimum Gasteiger partial charge on any atom is -0.387 e. The van der Waals surface area contributed by atoms with Crippen LogP contribution in [0.4, 0.5) is 4.39 Å². The first kappa shape index (κ1) is 12.9. The van der Waals surface area contributed by atoms with Crippen molar-refractivity contribution in [3.63, 3.8) is 0 Å². The number of ether oxygens (including phenoxy) is 2. The minimum absolute atomic E-state index is 0.0511. The van der Waals surface area contributed by atoms with Crippen LogP contribution in [0.2, 0.25) is 0 Å². The van der Waals surface area contributed by atoms with Gasteiger partial charge in [-0.1, -0.05) is 0 Å². The fraction of sp³-hybridized carbons (Fsp3) is 0.667. The number of aromatic nitrogens is 3. The number of rotatable bonds is 4. The number of aliphatic hydroxyl groups is 1. The molecule has 1 saturated heterocycles. The third kappa shape index (κ3) is 2.19. The van der Waals surface area contributed by atoms with Crippen LogP contribution in [-0.2, 0) is 9.47 Å². The molecule has 1 aromatic heterocycles. The van der Waals surface area contributed by atoms with Crippen LogP contribution >= 0.6 is 0 Å². The van der Waals surface area contributed by atoms with Crippen LogP contribution in [-0.4, -0.2) is 57.9 Å². The Morgan fingerprint density at radius 1 is 1.78 bits per heavy atom. The van der Waals surface area contributed by atoms with E-state index in [1.165, 1.54) is 7.11 Å². The molecule has 1 aliphatic rings. The highest BCUT2D eigenvalue weighted by atomic mass is 19.1. The maximum atomic E-state index is 13.8. The van der Waals surface area contributed by atoms with Gasteiger partial charge in [0.15, 0.2) is 12.4 Å². The molecular formula is C9H13FN4O4. The zero-order valence-electron chi connectivity index (χ0n) is 9.56. The Hall–Kier alpha value is -1.58. The Balaban J connectivity index is 2.15. The molecule has 1 aliphatic heterocycles. The van der Waals surface area contributed by atoms with Gasteiger partial charge >= 0.3 is 0 Å². The van der Waals surface area contributed by atoms with Crippen molar-refractivity contribution in [3.05, 3.63) is 12.2 Å². The van der Waals surface area contributed by atoms with Gasteiger partial charge in [0.05, 0.1) is 6.61 Å². The summed E-state index contributed by atoms with van der Waals surface area (Å²) < 4.78 is 24.9. The molecule has 2 rings (SSSR count). The number of primary amides is 1. The number of carbonyl (C=O) groups excluding carboxylic acids is 1. The quantitative estimate of drug-likeness (QED) is 0.690. The lowest BCUT2D eigenvalue weighted by Crippen LogP contribution is -2.31. The van der Waals surface area contributed by atoms with Gasteiger partial charge in [-0.2, -0.15) is 0 Å². The molecule has 1 amide bonds. The SMILES string of the molecule is COC[C@H]1O[C@@H](n2cnc(C(N)=O)n2)[C@H](F)[C@@H]1O. The van der Waals surface area contributed by atoms with E-state index in [1.807, 2.05) is 0 Å². The molecule has 0 aromatic carbocycles. The van der Waals surface area contributed by atoms with Gasteiger partial charge in [-0.25, -0.2) is 14.1 Å². The Morgan fingerprint density at radius 2 is 2.50 bits per heavy atom. The van der Waals surface area contributed by atoms with Crippen molar-refractivity contribution in [2.24, 2.45) is 5.73 Å². The van der Waals surface area contributed by atoms with E-state index in [1.54, 1.807) is 0 Å². The first-order valence-electron chi connectivity index (χ1n) is 5.22. The second-order valence-corrected chi connectivity index (χ2v) is 3.87. The fourth-order valence-corrected chi connectivity index (χ4v) is 1.73. The average Bonchev–Trinajstić information content (AvgIpc) is 2.90. The van der Waals surface area contributed by atoms with E-state index in [0.29, 0.717) is 0 Å². The lowest BCUT2D eigenvalue weighted by atomic mass is 10.1. The molecule has 1 fully saturated rings. The highest BCUT2D eigenvalue weighted by Gasteiger charge is 2.45. The van der Waals surface area contributed by atoms with E-state index in [2.05, 4.69) is 10.1 Å². The molecule has 18 heavy (non-hydrogen) atoms. The molecule has 8 nitrogen and oxygen atoms in total. The third-order valence-electron chi connectivity index (χ3n) is 2.61.